The van der Waals surface area contributed by atoms with Gasteiger partial charge in [-0.15, -0.1) is 0 Å². The normalized spacial score (nSPS) is 18.9. The zero-order valence-electron chi connectivity index (χ0n) is 8.97. The van der Waals surface area contributed by atoms with E-state index in [1.54, 1.807) is 6.07 Å². The molecule has 3 N–H and O–H groups in total. The molecular weight excluding hydrogens is 273 g/mol. The summed E-state index contributed by atoms with van der Waals surface area (Å²) in [6.45, 7) is 0.531. The Balaban J connectivity index is 2.47. The van der Waals surface area contributed by atoms with E-state index in [0.717, 1.165) is 31.2 Å². The van der Waals surface area contributed by atoms with Crippen LogP contribution in [0.3, 0.4) is 0 Å². The number of hydrogen-bond donors (Lipinski definition) is 2. The predicted octanol–water partition coefficient (Wildman–Crippen LogP) is 3.06. The van der Waals surface area contributed by atoms with Gasteiger partial charge in [0.05, 0.1) is 4.47 Å². The van der Waals surface area contributed by atoms with Crippen molar-refractivity contribution in [3.63, 3.8) is 0 Å². The molecule has 0 aliphatic heterocycles. The minimum absolute atomic E-state index is 0.100. The lowest BCUT2D eigenvalue weighted by atomic mass is 9.79. The summed E-state index contributed by atoms with van der Waals surface area (Å²) in [5, 5.41) is 9.38. The number of rotatable bonds is 2. The van der Waals surface area contributed by atoms with Crippen LogP contribution in [0.25, 0.3) is 0 Å². The Morgan fingerprint density at radius 3 is 2.50 bits per heavy atom. The fourth-order valence-corrected chi connectivity index (χ4v) is 2.97. The van der Waals surface area contributed by atoms with Gasteiger partial charge in [-0.2, -0.15) is 0 Å². The number of phenolic OH excluding ortho intramolecular Hbond substituents is 1. The van der Waals surface area contributed by atoms with Gasteiger partial charge in [-0.25, -0.2) is 4.39 Å². The highest BCUT2D eigenvalue weighted by Gasteiger charge is 2.35. The smallest absolute Gasteiger partial charge is 0.166 e. The summed E-state index contributed by atoms with van der Waals surface area (Å²) in [7, 11) is 0. The fourth-order valence-electron chi connectivity index (χ4n) is 2.53. The molecule has 0 amide bonds. The molecule has 0 aromatic heterocycles. The lowest BCUT2D eigenvalue weighted by Crippen LogP contribution is -2.32. The summed E-state index contributed by atoms with van der Waals surface area (Å²) in [5.41, 5.74) is 6.64. The van der Waals surface area contributed by atoms with Crippen molar-refractivity contribution >= 4 is 15.9 Å². The van der Waals surface area contributed by atoms with Gasteiger partial charge in [0, 0.05) is 12.0 Å². The van der Waals surface area contributed by atoms with Crippen LogP contribution < -0.4 is 5.73 Å². The SMILES string of the molecule is NCC1(c2cc(F)c(O)c(Br)c2)CCCC1. The average Bonchev–Trinajstić information content (AvgIpc) is 2.75. The Morgan fingerprint density at radius 1 is 1.38 bits per heavy atom. The molecule has 0 bridgehead atoms. The first-order valence-corrected chi connectivity index (χ1v) is 6.27. The average molecular weight is 288 g/mol. The maximum absolute atomic E-state index is 13.5. The van der Waals surface area contributed by atoms with E-state index in [1.165, 1.54) is 6.07 Å². The van der Waals surface area contributed by atoms with Gasteiger partial charge >= 0.3 is 0 Å². The molecule has 1 aliphatic rings. The zero-order chi connectivity index (χ0) is 11.8. The van der Waals surface area contributed by atoms with Gasteiger partial charge in [0.15, 0.2) is 11.6 Å². The van der Waals surface area contributed by atoms with Gasteiger partial charge in [0.1, 0.15) is 0 Å². The van der Waals surface area contributed by atoms with Crippen LogP contribution in [-0.4, -0.2) is 11.7 Å². The predicted molar refractivity (Wildman–Crippen MR) is 65.0 cm³/mol. The molecule has 0 saturated heterocycles. The third kappa shape index (κ3) is 1.84. The number of nitrogens with two attached hydrogens (primary N) is 1. The molecule has 0 heterocycles. The van der Waals surface area contributed by atoms with Crippen LogP contribution in [0.1, 0.15) is 31.2 Å². The summed E-state index contributed by atoms with van der Waals surface area (Å²) in [6, 6.07) is 3.20. The van der Waals surface area contributed by atoms with Crippen molar-refractivity contribution in [2.45, 2.75) is 31.1 Å². The first-order chi connectivity index (χ1) is 7.59. The van der Waals surface area contributed by atoms with Crippen LogP contribution in [0, 0.1) is 5.82 Å². The second-order valence-electron chi connectivity index (χ2n) is 4.48. The summed E-state index contributed by atoms with van der Waals surface area (Å²) in [5.74, 6) is -0.905. The molecule has 1 saturated carbocycles. The van der Waals surface area contributed by atoms with Gasteiger partial charge in [-0.05, 0) is 46.5 Å². The Kier molecular flexibility index (Phi) is 3.22. The first kappa shape index (κ1) is 11.9. The Bertz CT molecular complexity index is 379. The van der Waals surface area contributed by atoms with Gasteiger partial charge < -0.3 is 10.8 Å². The molecule has 2 nitrogen and oxygen atoms in total. The van der Waals surface area contributed by atoms with E-state index in [0.29, 0.717) is 11.0 Å². The molecule has 0 radical (unpaired) electrons. The third-order valence-electron chi connectivity index (χ3n) is 3.58. The molecule has 2 rings (SSSR count). The molecule has 88 valence electrons. The van der Waals surface area contributed by atoms with Crippen molar-refractivity contribution in [1.82, 2.24) is 0 Å². The van der Waals surface area contributed by atoms with E-state index in [4.69, 9.17) is 5.73 Å². The van der Waals surface area contributed by atoms with Crippen molar-refractivity contribution in [2.75, 3.05) is 6.54 Å². The molecule has 1 aromatic carbocycles. The van der Waals surface area contributed by atoms with E-state index in [2.05, 4.69) is 15.9 Å². The van der Waals surface area contributed by atoms with E-state index < -0.39 is 5.82 Å². The highest BCUT2D eigenvalue weighted by molar-refractivity contribution is 9.10. The minimum Gasteiger partial charge on any atom is -0.504 e. The topological polar surface area (TPSA) is 46.2 Å². The van der Waals surface area contributed by atoms with Crippen LogP contribution in [-0.2, 0) is 5.41 Å². The van der Waals surface area contributed by atoms with Crippen molar-refractivity contribution in [1.29, 1.82) is 0 Å². The second-order valence-corrected chi connectivity index (χ2v) is 5.33. The van der Waals surface area contributed by atoms with Gasteiger partial charge in [0.2, 0.25) is 0 Å². The molecule has 1 aliphatic carbocycles. The summed E-state index contributed by atoms with van der Waals surface area (Å²) in [4.78, 5) is 0. The number of hydrogen-bond acceptors (Lipinski definition) is 2. The standard InChI is InChI=1S/C12H15BrFNO/c13-9-5-8(6-10(14)11(9)16)12(7-15)3-1-2-4-12/h5-6,16H,1-4,7,15H2. The molecular formula is C12H15BrFNO. The van der Waals surface area contributed by atoms with Gasteiger partial charge in [-0.1, -0.05) is 12.8 Å². The lowest BCUT2D eigenvalue weighted by molar-refractivity contribution is 0.418. The van der Waals surface area contributed by atoms with Crippen molar-refractivity contribution in [3.8, 4) is 5.75 Å². The highest BCUT2D eigenvalue weighted by Crippen LogP contribution is 2.42. The monoisotopic (exact) mass is 287 g/mol. The molecule has 0 atom stereocenters. The van der Waals surface area contributed by atoms with E-state index >= 15 is 0 Å². The molecule has 4 heteroatoms. The van der Waals surface area contributed by atoms with Crippen LogP contribution in [0.4, 0.5) is 4.39 Å². The molecule has 0 unspecified atom stereocenters. The maximum atomic E-state index is 13.5. The fraction of sp³-hybridized carbons (Fsp3) is 0.500. The molecule has 1 aromatic rings. The molecule has 16 heavy (non-hydrogen) atoms. The van der Waals surface area contributed by atoms with Gasteiger partial charge in [0.25, 0.3) is 0 Å². The summed E-state index contributed by atoms with van der Waals surface area (Å²) in [6.07, 6.45) is 4.27. The number of halogens is 2. The lowest BCUT2D eigenvalue weighted by Gasteiger charge is -2.28. The number of benzene rings is 1. The summed E-state index contributed by atoms with van der Waals surface area (Å²) >= 11 is 3.17. The quantitative estimate of drug-likeness (QED) is 0.878. The van der Waals surface area contributed by atoms with Crippen molar-refractivity contribution in [3.05, 3.63) is 28.0 Å². The van der Waals surface area contributed by atoms with Crippen molar-refractivity contribution < 1.29 is 9.50 Å². The van der Waals surface area contributed by atoms with Crippen LogP contribution in [0.5, 0.6) is 5.75 Å². The van der Waals surface area contributed by atoms with E-state index in [9.17, 15) is 9.50 Å². The highest BCUT2D eigenvalue weighted by atomic mass is 79.9. The van der Waals surface area contributed by atoms with E-state index in [1.807, 2.05) is 0 Å². The number of aromatic hydroxyl groups is 1. The van der Waals surface area contributed by atoms with Crippen molar-refractivity contribution in [2.24, 2.45) is 5.73 Å². The van der Waals surface area contributed by atoms with Crippen LogP contribution in [0.15, 0.2) is 16.6 Å². The van der Waals surface area contributed by atoms with Gasteiger partial charge in [-0.3, -0.25) is 0 Å². The molecule has 1 fully saturated rings. The first-order valence-electron chi connectivity index (χ1n) is 5.48. The number of phenols is 1. The minimum atomic E-state index is -0.580. The Morgan fingerprint density at radius 2 is 2.00 bits per heavy atom. The Labute approximate surface area is 103 Å². The Hall–Kier alpha value is -0.610. The largest absolute Gasteiger partial charge is 0.504 e. The zero-order valence-corrected chi connectivity index (χ0v) is 10.6. The van der Waals surface area contributed by atoms with Crippen LogP contribution in [0.2, 0.25) is 0 Å². The van der Waals surface area contributed by atoms with E-state index in [-0.39, 0.29) is 11.2 Å². The maximum Gasteiger partial charge on any atom is 0.166 e. The molecule has 0 spiro atoms. The third-order valence-corrected chi connectivity index (χ3v) is 4.19. The second kappa shape index (κ2) is 4.34. The van der Waals surface area contributed by atoms with Crippen LogP contribution >= 0.6 is 15.9 Å². The summed E-state index contributed by atoms with van der Waals surface area (Å²) < 4.78 is 13.9.